The number of hydrogen-bond acceptors (Lipinski definition) is 6. The molecule has 28 heavy (non-hydrogen) atoms. The predicted octanol–water partition coefficient (Wildman–Crippen LogP) is 2.98. The third kappa shape index (κ3) is 5.11. The smallest absolute Gasteiger partial charge is 0.309 e. The van der Waals surface area contributed by atoms with Gasteiger partial charge in [-0.25, -0.2) is 8.42 Å². The molecule has 0 aliphatic carbocycles. The molecule has 1 aromatic carbocycles. The van der Waals surface area contributed by atoms with E-state index in [0.717, 1.165) is 0 Å². The fourth-order valence-electron chi connectivity index (χ4n) is 2.89. The number of amides is 1. The van der Waals surface area contributed by atoms with Crippen molar-refractivity contribution in [3.63, 3.8) is 0 Å². The SMILES string of the molecule is O=C(COC(=O)C1CCN(S(=O)(=O)c2cccs2)CC1)Nc1cccc(Cl)c1. The second-order valence-electron chi connectivity index (χ2n) is 6.28. The summed E-state index contributed by atoms with van der Waals surface area (Å²) in [6.45, 7) is 0.0858. The molecule has 1 aliphatic heterocycles. The predicted molar refractivity (Wildman–Crippen MR) is 107 cm³/mol. The van der Waals surface area contributed by atoms with Crippen LogP contribution in [0.3, 0.4) is 0 Å². The van der Waals surface area contributed by atoms with E-state index in [-0.39, 0.29) is 13.1 Å². The van der Waals surface area contributed by atoms with E-state index in [1.807, 2.05) is 0 Å². The van der Waals surface area contributed by atoms with Crippen molar-refractivity contribution in [1.29, 1.82) is 0 Å². The summed E-state index contributed by atoms with van der Waals surface area (Å²) in [6.07, 6.45) is 0.721. The van der Waals surface area contributed by atoms with E-state index in [1.54, 1.807) is 41.8 Å². The molecule has 0 radical (unpaired) electrons. The number of halogens is 1. The average molecular weight is 443 g/mol. The zero-order valence-electron chi connectivity index (χ0n) is 14.8. The molecule has 1 amide bonds. The number of rotatable bonds is 6. The molecule has 150 valence electrons. The van der Waals surface area contributed by atoms with E-state index < -0.39 is 34.4 Å². The summed E-state index contributed by atoms with van der Waals surface area (Å²) < 4.78 is 31.8. The van der Waals surface area contributed by atoms with Crippen molar-refractivity contribution < 1.29 is 22.7 Å². The molecule has 1 N–H and O–H groups in total. The Morgan fingerprint density at radius 1 is 1.21 bits per heavy atom. The highest BCUT2D eigenvalue weighted by Gasteiger charge is 2.33. The van der Waals surface area contributed by atoms with Gasteiger partial charge < -0.3 is 10.1 Å². The average Bonchev–Trinajstić information content (AvgIpc) is 3.22. The molecule has 1 saturated heterocycles. The number of sulfonamides is 1. The number of benzene rings is 1. The molecule has 1 aliphatic rings. The standard InChI is InChI=1S/C18H19ClN2O5S2/c19-14-3-1-4-15(11-14)20-16(22)12-26-18(23)13-6-8-21(9-7-13)28(24,25)17-5-2-10-27-17/h1-5,10-11,13H,6-9,12H2,(H,20,22). The van der Waals surface area contributed by atoms with Crippen molar-refractivity contribution in [1.82, 2.24) is 4.31 Å². The van der Waals surface area contributed by atoms with E-state index in [0.29, 0.717) is 27.8 Å². The molecule has 2 heterocycles. The minimum absolute atomic E-state index is 0.245. The first kappa shape index (κ1) is 20.8. The Bertz CT molecular complexity index is 939. The third-order valence-corrected chi connectivity index (χ3v) is 7.84. The van der Waals surface area contributed by atoms with Crippen LogP contribution in [-0.2, 0) is 24.3 Å². The number of nitrogens with one attached hydrogen (secondary N) is 1. The van der Waals surface area contributed by atoms with E-state index in [2.05, 4.69) is 5.32 Å². The molecular weight excluding hydrogens is 424 g/mol. The van der Waals surface area contributed by atoms with E-state index in [9.17, 15) is 18.0 Å². The Labute approximate surface area is 172 Å². The molecule has 0 bridgehead atoms. The summed E-state index contributed by atoms with van der Waals surface area (Å²) in [6, 6.07) is 9.90. The number of piperidine rings is 1. The van der Waals surface area contributed by atoms with E-state index >= 15 is 0 Å². The van der Waals surface area contributed by atoms with Crippen LogP contribution in [-0.4, -0.2) is 44.3 Å². The number of hydrogen-bond donors (Lipinski definition) is 1. The summed E-state index contributed by atoms with van der Waals surface area (Å²) >= 11 is 7.02. The highest BCUT2D eigenvalue weighted by atomic mass is 35.5. The van der Waals surface area contributed by atoms with Gasteiger partial charge in [0.1, 0.15) is 4.21 Å². The quantitative estimate of drug-likeness (QED) is 0.694. The summed E-state index contributed by atoms with van der Waals surface area (Å²) in [5.41, 5.74) is 0.514. The zero-order valence-corrected chi connectivity index (χ0v) is 17.2. The normalized spacial score (nSPS) is 15.9. The molecule has 1 fully saturated rings. The van der Waals surface area contributed by atoms with Gasteiger partial charge in [0.15, 0.2) is 6.61 Å². The minimum atomic E-state index is -3.51. The fraction of sp³-hybridized carbons (Fsp3) is 0.333. The fourth-order valence-corrected chi connectivity index (χ4v) is 5.69. The van der Waals surface area contributed by atoms with Crippen LogP contribution in [0.2, 0.25) is 5.02 Å². The van der Waals surface area contributed by atoms with Crippen molar-refractivity contribution >= 4 is 50.5 Å². The lowest BCUT2D eigenvalue weighted by atomic mass is 9.98. The highest BCUT2D eigenvalue weighted by molar-refractivity contribution is 7.91. The van der Waals surface area contributed by atoms with Gasteiger partial charge in [-0.15, -0.1) is 11.3 Å². The maximum atomic E-state index is 12.5. The molecule has 0 spiro atoms. The molecule has 1 aromatic heterocycles. The van der Waals surface area contributed by atoms with E-state index in [4.69, 9.17) is 16.3 Å². The van der Waals surface area contributed by atoms with Gasteiger partial charge >= 0.3 is 5.97 Å². The Kier molecular flexibility index (Phi) is 6.71. The molecule has 3 rings (SSSR count). The third-order valence-electron chi connectivity index (χ3n) is 4.33. The van der Waals surface area contributed by atoms with Crippen molar-refractivity contribution in [3.05, 3.63) is 46.8 Å². The van der Waals surface area contributed by atoms with Gasteiger partial charge in [0.05, 0.1) is 5.92 Å². The topological polar surface area (TPSA) is 92.8 Å². The lowest BCUT2D eigenvalue weighted by Gasteiger charge is -2.29. The number of anilines is 1. The van der Waals surface area contributed by atoms with Crippen molar-refractivity contribution in [2.75, 3.05) is 25.0 Å². The monoisotopic (exact) mass is 442 g/mol. The first-order chi connectivity index (χ1) is 13.4. The molecule has 0 unspecified atom stereocenters. The number of carbonyl (C=O) groups excluding carboxylic acids is 2. The van der Waals surface area contributed by atoms with E-state index in [1.165, 1.54) is 15.6 Å². The summed E-state index contributed by atoms with van der Waals surface area (Å²) in [5.74, 6) is -1.38. The van der Waals surface area contributed by atoms with Crippen LogP contribution in [0.1, 0.15) is 12.8 Å². The Hall–Kier alpha value is -1.94. The van der Waals surface area contributed by atoms with Gasteiger partial charge in [0.25, 0.3) is 15.9 Å². The van der Waals surface area contributed by atoms with Crippen LogP contribution >= 0.6 is 22.9 Å². The van der Waals surface area contributed by atoms with Gasteiger partial charge in [-0.2, -0.15) is 4.31 Å². The number of carbonyl (C=O) groups is 2. The lowest BCUT2D eigenvalue weighted by Crippen LogP contribution is -2.40. The summed E-state index contributed by atoms with van der Waals surface area (Å²) in [4.78, 5) is 24.1. The van der Waals surface area contributed by atoms with Gasteiger partial charge in [0.2, 0.25) is 0 Å². The minimum Gasteiger partial charge on any atom is -0.455 e. The highest BCUT2D eigenvalue weighted by Crippen LogP contribution is 2.26. The van der Waals surface area contributed by atoms with Crippen LogP contribution in [0, 0.1) is 5.92 Å². The maximum Gasteiger partial charge on any atom is 0.309 e. The maximum absolute atomic E-state index is 12.5. The van der Waals surface area contributed by atoms with Gasteiger partial charge in [-0.05, 0) is 42.5 Å². The van der Waals surface area contributed by atoms with Gasteiger partial charge in [-0.3, -0.25) is 9.59 Å². The van der Waals surface area contributed by atoms with Crippen LogP contribution in [0.4, 0.5) is 5.69 Å². The van der Waals surface area contributed by atoms with Crippen molar-refractivity contribution in [3.8, 4) is 0 Å². The number of ether oxygens (including phenoxy) is 1. The summed E-state index contributed by atoms with van der Waals surface area (Å²) in [7, 11) is -3.51. The Morgan fingerprint density at radius 2 is 1.96 bits per heavy atom. The van der Waals surface area contributed by atoms with Crippen molar-refractivity contribution in [2.45, 2.75) is 17.1 Å². The first-order valence-corrected chi connectivity index (χ1v) is 11.3. The molecule has 0 atom stereocenters. The van der Waals surface area contributed by atoms with Crippen LogP contribution in [0.15, 0.2) is 46.0 Å². The largest absolute Gasteiger partial charge is 0.455 e. The second-order valence-corrected chi connectivity index (χ2v) is 9.83. The van der Waals surface area contributed by atoms with Crippen molar-refractivity contribution in [2.24, 2.45) is 5.92 Å². The molecular formula is C18H19ClN2O5S2. The number of nitrogens with zero attached hydrogens (tertiary/aromatic N) is 1. The molecule has 0 saturated carbocycles. The molecule has 7 nitrogen and oxygen atoms in total. The zero-order chi connectivity index (χ0) is 20.1. The molecule has 2 aromatic rings. The molecule has 10 heteroatoms. The van der Waals surface area contributed by atoms with Crippen LogP contribution in [0.5, 0.6) is 0 Å². The van der Waals surface area contributed by atoms with Crippen LogP contribution < -0.4 is 5.32 Å². The Balaban J connectivity index is 1.46. The summed E-state index contributed by atoms with van der Waals surface area (Å²) in [5, 5.41) is 4.80. The first-order valence-electron chi connectivity index (χ1n) is 8.62. The number of thiophene rings is 1. The van der Waals surface area contributed by atoms with Gasteiger partial charge in [0, 0.05) is 23.8 Å². The number of esters is 1. The Morgan fingerprint density at radius 3 is 2.61 bits per heavy atom. The van der Waals surface area contributed by atoms with Crippen LogP contribution in [0.25, 0.3) is 0 Å². The van der Waals surface area contributed by atoms with Gasteiger partial charge in [-0.1, -0.05) is 23.7 Å². The second kappa shape index (κ2) is 9.04. The lowest BCUT2D eigenvalue weighted by molar-refractivity contribution is -0.152.